The summed E-state index contributed by atoms with van der Waals surface area (Å²) in [5.74, 6) is 5.20. The van der Waals surface area contributed by atoms with E-state index in [4.69, 9.17) is 4.42 Å². The lowest BCUT2D eigenvalue weighted by atomic mass is 10.0. The highest BCUT2D eigenvalue weighted by atomic mass is 16.4. The van der Waals surface area contributed by atoms with Gasteiger partial charge in [-0.1, -0.05) is 18.2 Å². The van der Waals surface area contributed by atoms with Crippen molar-refractivity contribution in [1.29, 1.82) is 0 Å². The summed E-state index contributed by atoms with van der Waals surface area (Å²) >= 11 is 0. The molecule has 1 aromatic carbocycles. The molecule has 0 spiro atoms. The van der Waals surface area contributed by atoms with Crippen molar-refractivity contribution in [3.05, 3.63) is 36.2 Å². The van der Waals surface area contributed by atoms with Crippen LogP contribution in [0.25, 0.3) is 11.5 Å². The summed E-state index contributed by atoms with van der Waals surface area (Å²) in [6.07, 6.45) is 4.41. The van der Waals surface area contributed by atoms with Crippen molar-refractivity contribution in [1.82, 2.24) is 15.5 Å². The normalized spacial score (nSPS) is 35.9. The Labute approximate surface area is 124 Å². The molecule has 4 atom stereocenters. The molecule has 1 heterocycles. The smallest absolute Gasteiger partial charge is 0.247 e. The zero-order valence-corrected chi connectivity index (χ0v) is 11.9. The molecule has 108 valence electrons. The zero-order valence-electron chi connectivity index (χ0n) is 11.9. The van der Waals surface area contributed by atoms with Gasteiger partial charge in [-0.25, -0.2) is 0 Å². The third kappa shape index (κ3) is 1.85. The van der Waals surface area contributed by atoms with Gasteiger partial charge in [-0.05, 0) is 55.1 Å². The fourth-order valence-electron chi connectivity index (χ4n) is 4.83. The maximum Gasteiger partial charge on any atom is 0.247 e. The Kier molecular flexibility index (Phi) is 2.50. The van der Waals surface area contributed by atoms with Gasteiger partial charge in [0.1, 0.15) is 0 Å². The molecule has 3 fully saturated rings. The summed E-state index contributed by atoms with van der Waals surface area (Å²) in [5, 5.41) is 11.9. The Morgan fingerprint density at radius 3 is 2.57 bits per heavy atom. The SMILES string of the molecule is c1ccc(-c2nnc(CNC3C4C5CCC(C5)C34)o2)cc1. The standard InChI is InChI=1S/C17H19N3O/c1-2-4-10(5-3-1)17-20-19-13(21-17)9-18-16-14-11-6-7-12(8-11)15(14)16/h1-5,11-12,14-16,18H,6-9H2. The predicted molar refractivity (Wildman–Crippen MR) is 78.2 cm³/mol. The monoisotopic (exact) mass is 281 g/mol. The first-order valence-electron chi connectivity index (χ1n) is 8.01. The molecule has 0 aliphatic heterocycles. The van der Waals surface area contributed by atoms with E-state index in [1.54, 1.807) is 0 Å². The van der Waals surface area contributed by atoms with Crippen molar-refractivity contribution in [2.75, 3.05) is 0 Å². The van der Waals surface area contributed by atoms with Crippen LogP contribution in [0.2, 0.25) is 0 Å². The average molecular weight is 281 g/mol. The third-order valence-corrected chi connectivity index (χ3v) is 5.71. The minimum atomic E-state index is 0.614. The maximum absolute atomic E-state index is 5.75. The van der Waals surface area contributed by atoms with Gasteiger partial charge in [0.15, 0.2) is 0 Å². The minimum absolute atomic E-state index is 0.614. The number of nitrogens with one attached hydrogen (secondary N) is 1. The Morgan fingerprint density at radius 2 is 1.81 bits per heavy atom. The number of aromatic nitrogens is 2. The summed E-state index contributed by atoms with van der Waals surface area (Å²) in [6, 6.07) is 10.7. The zero-order chi connectivity index (χ0) is 13.8. The first-order chi connectivity index (χ1) is 10.4. The van der Waals surface area contributed by atoms with Crippen LogP contribution >= 0.6 is 0 Å². The second-order valence-corrected chi connectivity index (χ2v) is 6.76. The fourth-order valence-corrected chi connectivity index (χ4v) is 4.83. The predicted octanol–water partition coefficient (Wildman–Crippen LogP) is 2.87. The number of fused-ring (bicyclic) bond motifs is 5. The van der Waals surface area contributed by atoms with Crippen LogP contribution in [-0.2, 0) is 6.54 Å². The topological polar surface area (TPSA) is 51.0 Å². The Bertz CT molecular complexity index is 637. The number of hydrogen-bond donors (Lipinski definition) is 1. The van der Waals surface area contributed by atoms with E-state index in [1.807, 2.05) is 30.3 Å². The number of benzene rings is 1. The molecule has 4 nitrogen and oxygen atoms in total. The van der Waals surface area contributed by atoms with Crippen molar-refractivity contribution >= 4 is 0 Å². The van der Waals surface area contributed by atoms with Crippen molar-refractivity contribution < 1.29 is 4.42 Å². The lowest BCUT2D eigenvalue weighted by molar-refractivity contribution is 0.426. The molecular weight excluding hydrogens is 262 g/mol. The van der Waals surface area contributed by atoms with Gasteiger partial charge in [0.2, 0.25) is 11.8 Å². The van der Waals surface area contributed by atoms with Gasteiger partial charge in [0.05, 0.1) is 6.54 Å². The highest BCUT2D eigenvalue weighted by Crippen LogP contribution is 2.65. The molecule has 0 amide bonds. The van der Waals surface area contributed by atoms with E-state index in [1.165, 1.54) is 19.3 Å². The second kappa shape index (κ2) is 4.41. The quantitative estimate of drug-likeness (QED) is 0.936. The molecule has 1 N–H and O–H groups in total. The second-order valence-electron chi connectivity index (χ2n) is 6.76. The maximum atomic E-state index is 5.75. The van der Waals surface area contributed by atoms with Crippen LogP contribution < -0.4 is 5.32 Å². The third-order valence-electron chi connectivity index (χ3n) is 5.71. The van der Waals surface area contributed by atoms with Crippen LogP contribution in [0.15, 0.2) is 34.7 Å². The summed E-state index contributed by atoms with van der Waals surface area (Å²) in [4.78, 5) is 0. The molecule has 5 rings (SSSR count). The first kappa shape index (κ1) is 11.9. The molecule has 21 heavy (non-hydrogen) atoms. The van der Waals surface area contributed by atoms with Crippen LogP contribution in [0.1, 0.15) is 25.2 Å². The minimum Gasteiger partial charge on any atom is -0.419 e. The van der Waals surface area contributed by atoms with E-state index in [9.17, 15) is 0 Å². The Morgan fingerprint density at radius 1 is 1.05 bits per heavy atom. The highest BCUT2D eigenvalue weighted by molar-refractivity contribution is 5.51. The van der Waals surface area contributed by atoms with Gasteiger partial charge in [-0.2, -0.15) is 0 Å². The van der Waals surface area contributed by atoms with Crippen molar-refractivity contribution in [2.45, 2.75) is 31.8 Å². The van der Waals surface area contributed by atoms with Gasteiger partial charge < -0.3 is 9.73 Å². The van der Waals surface area contributed by atoms with Crippen molar-refractivity contribution in [2.24, 2.45) is 23.7 Å². The van der Waals surface area contributed by atoms with E-state index < -0.39 is 0 Å². The summed E-state index contributed by atoms with van der Waals surface area (Å²) < 4.78 is 5.75. The molecule has 4 heteroatoms. The molecule has 0 radical (unpaired) electrons. The molecule has 3 aliphatic rings. The van der Waals surface area contributed by atoms with Gasteiger partial charge in [0, 0.05) is 11.6 Å². The van der Waals surface area contributed by atoms with Crippen LogP contribution in [0.3, 0.4) is 0 Å². The molecule has 3 aliphatic carbocycles. The van der Waals surface area contributed by atoms with Gasteiger partial charge in [-0.15, -0.1) is 10.2 Å². The summed E-state index contributed by atoms with van der Waals surface area (Å²) in [7, 11) is 0. The van der Waals surface area contributed by atoms with Crippen LogP contribution in [0.4, 0.5) is 0 Å². The largest absolute Gasteiger partial charge is 0.419 e. The van der Waals surface area contributed by atoms with E-state index >= 15 is 0 Å². The fraction of sp³-hybridized carbons (Fsp3) is 0.529. The van der Waals surface area contributed by atoms with E-state index in [-0.39, 0.29) is 0 Å². The van der Waals surface area contributed by atoms with E-state index in [2.05, 4.69) is 15.5 Å². The van der Waals surface area contributed by atoms with E-state index in [0.717, 1.165) is 29.2 Å². The first-order valence-corrected chi connectivity index (χ1v) is 8.01. The van der Waals surface area contributed by atoms with Gasteiger partial charge >= 0.3 is 0 Å². The van der Waals surface area contributed by atoms with E-state index in [0.29, 0.717) is 24.4 Å². The molecule has 1 aromatic heterocycles. The van der Waals surface area contributed by atoms with Crippen molar-refractivity contribution in [3.63, 3.8) is 0 Å². The Hall–Kier alpha value is -1.68. The van der Waals surface area contributed by atoms with Crippen LogP contribution in [-0.4, -0.2) is 16.2 Å². The van der Waals surface area contributed by atoms with Gasteiger partial charge in [-0.3, -0.25) is 0 Å². The molecule has 0 saturated heterocycles. The summed E-state index contributed by atoms with van der Waals surface area (Å²) in [6.45, 7) is 0.705. The molecule has 4 unspecified atom stereocenters. The number of rotatable bonds is 4. The van der Waals surface area contributed by atoms with Crippen LogP contribution in [0.5, 0.6) is 0 Å². The lowest BCUT2D eigenvalue weighted by Gasteiger charge is -2.08. The molecular formula is C17H19N3O. The van der Waals surface area contributed by atoms with Crippen molar-refractivity contribution in [3.8, 4) is 11.5 Å². The molecule has 2 bridgehead atoms. The Balaban J connectivity index is 1.24. The average Bonchev–Trinajstić information content (AvgIpc) is 2.95. The highest BCUT2D eigenvalue weighted by Gasteiger charge is 2.64. The lowest BCUT2D eigenvalue weighted by Crippen LogP contribution is -2.22. The summed E-state index contributed by atoms with van der Waals surface area (Å²) in [5.41, 5.74) is 0.984. The number of hydrogen-bond acceptors (Lipinski definition) is 4. The molecule has 2 aromatic rings. The number of nitrogens with zero attached hydrogens (tertiary/aromatic N) is 2. The van der Waals surface area contributed by atoms with Crippen LogP contribution in [0, 0.1) is 23.7 Å². The van der Waals surface area contributed by atoms with Gasteiger partial charge in [0.25, 0.3) is 0 Å². The molecule has 3 saturated carbocycles.